The monoisotopic (exact) mass is 424 g/mol. The summed E-state index contributed by atoms with van der Waals surface area (Å²) in [6, 6.07) is 6.69. The minimum atomic E-state index is -0.0814. The van der Waals surface area contributed by atoms with E-state index in [9.17, 15) is 4.79 Å². The van der Waals surface area contributed by atoms with Gasteiger partial charge in [-0.1, -0.05) is 6.07 Å². The van der Waals surface area contributed by atoms with Crippen LogP contribution in [0.2, 0.25) is 0 Å². The van der Waals surface area contributed by atoms with Crippen LogP contribution in [0, 0.1) is 0 Å². The Bertz CT molecular complexity index is 884. The van der Waals surface area contributed by atoms with Crippen molar-refractivity contribution in [1.82, 2.24) is 24.3 Å². The summed E-state index contributed by atoms with van der Waals surface area (Å²) in [6.07, 6.45) is 9.34. The number of aromatic nitrogens is 3. The van der Waals surface area contributed by atoms with Crippen molar-refractivity contribution in [1.29, 1.82) is 0 Å². The maximum atomic E-state index is 12.7. The number of likely N-dealkylation sites (tertiary alicyclic amines) is 1. The number of amides is 1. The molecule has 166 valence electrons. The zero-order valence-corrected chi connectivity index (χ0v) is 18.3. The Morgan fingerprint density at radius 1 is 1.10 bits per heavy atom. The molecule has 31 heavy (non-hydrogen) atoms. The van der Waals surface area contributed by atoms with Crippen LogP contribution in [0.3, 0.4) is 0 Å². The molecule has 3 saturated heterocycles. The number of anilines is 1. The van der Waals surface area contributed by atoms with Crippen LogP contribution in [0.1, 0.15) is 36.2 Å². The normalized spacial score (nSPS) is 24.5. The Labute approximate surface area is 183 Å². The lowest BCUT2D eigenvalue weighted by atomic mass is 9.81. The van der Waals surface area contributed by atoms with E-state index in [0.29, 0.717) is 11.7 Å². The first-order chi connectivity index (χ1) is 15.1. The third-order valence-electron chi connectivity index (χ3n) is 7.16. The van der Waals surface area contributed by atoms with Crippen LogP contribution < -0.4 is 4.90 Å². The number of rotatable bonds is 3. The molecule has 0 aliphatic carbocycles. The van der Waals surface area contributed by atoms with Crippen molar-refractivity contribution < 1.29 is 9.53 Å². The van der Waals surface area contributed by atoms with E-state index in [1.807, 2.05) is 28.8 Å². The number of piperidine rings is 1. The SMILES string of the molecule is Cn1cnc(C(=O)N2CCC3(CC2)C[C@@H](N2CCN(c4ccccn4)CC2)CCO3)c1. The molecule has 5 heterocycles. The molecule has 0 aromatic carbocycles. The Kier molecular flexibility index (Phi) is 5.67. The molecular formula is C23H32N6O2. The fourth-order valence-corrected chi connectivity index (χ4v) is 5.32. The number of ether oxygens (including phenoxy) is 1. The molecular weight excluding hydrogens is 392 g/mol. The summed E-state index contributed by atoms with van der Waals surface area (Å²) in [4.78, 5) is 28.4. The fourth-order valence-electron chi connectivity index (χ4n) is 5.32. The molecule has 8 heteroatoms. The molecule has 1 amide bonds. The second kappa shape index (κ2) is 8.59. The molecule has 1 spiro atoms. The van der Waals surface area contributed by atoms with E-state index in [1.54, 1.807) is 12.5 Å². The van der Waals surface area contributed by atoms with Gasteiger partial charge in [0.2, 0.25) is 0 Å². The first kappa shape index (κ1) is 20.5. The van der Waals surface area contributed by atoms with Gasteiger partial charge in [-0.2, -0.15) is 0 Å². The first-order valence-electron chi connectivity index (χ1n) is 11.4. The van der Waals surface area contributed by atoms with Crippen LogP contribution in [-0.2, 0) is 11.8 Å². The maximum Gasteiger partial charge on any atom is 0.274 e. The first-order valence-corrected chi connectivity index (χ1v) is 11.4. The number of nitrogens with zero attached hydrogens (tertiary/aromatic N) is 6. The summed E-state index contributed by atoms with van der Waals surface area (Å²) in [5.74, 6) is 1.11. The smallest absolute Gasteiger partial charge is 0.274 e. The number of hydrogen-bond donors (Lipinski definition) is 0. The highest BCUT2D eigenvalue weighted by molar-refractivity contribution is 5.92. The highest BCUT2D eigenvalue weighted by atomic mass is 16.5. The summed E-state index contributed by atoms with van der Waals surface area (Å²) < 4.78 is 8.17. The average molecular weight is 425 g/mol. The largest absolute Gasteiger partial charge is 0.375 e. The van der Waals surface area contributed by atoms with Gasteiger partial charge in [-0.3, -0.25) is 9.69 Å². The van der Waals surface area contributed by atoms with E-state index in [-0.39, 0.29) is 11.5 Å². The van der Waals surface area contributed by atoms with Crippen molar-refractivity contribution in [3.8, 4) is 0 Å². The Balaban J connectivity index is 1.15. The van der Waals surface area contributed by atoms with Crippen molar-refractivity contribution in [3.05, 3.63) is 42.6 Å². The molecule has 0 N–H and O–H groups in total. The van der Waals surface area contributed by atoms with Gasteiger partial charge in [0.25, 0.3) is 5.91 Å². The van der Waals surface area contributed by atoms with Gasteiger partial charge in [0, 0.05) is 71.4 Å². The van der Waals surface area contributed by atoms with E-state index in [2.05, 4.69) is 31.9 Å². The van der Waals surface area contributed by atoms with Crippen molar-refractivity contribution >= 4 is 11.7 Å². The van der Waals surface area contributed by atoms with Gasteiger partial charge in [0.1, 0.15) is 11.5 Å². The quantitative estimate of drug-likeness (QED) is 0.749. The number of pyridine rings is 1. The predicted octanol–water partition coefficient (Wildman–Crippen LogP) is 1.79. The number of carbonyl (C=O) groups excluding carboxylic acids is 1. The van der Waals surface area contributed by atoms with Crippen LogP contribution >= 0.6 is 0 Å². The van der Waals surface area contributed by atoms with Gasteiger partial charge in [0.05, 0.1) is 11.9 Å². The van der Waals surface area contributed by atoms with E-state index in [0.717, 1.165) is 77.4 Å². The lowest BCUT2D eigenvalue weighted by Gasteiger charge is -2.49. The molecule has 3 fully saturated rings. The molecule has 2 aromatic heterocycles. The topological polar surface area (TPSA) is 66.7 Å². The molecule has 1 atom stereocenters. The Morgan fingerprint density at radius 2 is 1.90 bits per heavy atom. The molecule has 2 aromatic rings. The highest BCUT2D eigenvalue weighted by Crippen LogP contribution is 2.37. The van der Waals surface area contributed by atoms with Gasteiger partial charge in [-0.05, 0) is 37.8 Å². The molecule has 0 unspecified atom stereocenters. The van der Waals surface area contributed by atoms with Crippen molar-refractivity contribution in [2.24, 2.45) is 7.05 Å². The van der Waals surface area contributed by atoms with Crippen LogP contribution in [0.5, 0.6) is 0 Å². The number of carbonyl (C=O) groups is 1. The maximum absolute atomic E-state index is 12.7. The number of aryl methyl sites for hydroxylation is 1. The second-order valence-corrected chi connectivity index (χ2v) is 9.11. The summed E-state index contributed by atoms with van der Waals surface area (Å²) in [6.45, 7) is 6.50. The van der Waals surface area contributed by atoms with Crippen molar-refractivity contribution in [2.45, 2.75) is 37.3 Å². The minimum absolute atomic E-state index is 0.0356. The Hall–Kier alpha value is -2.45. The molecule has 5 rings (SSSR count). The molecule has 3 aliphatic heterocycles. The standard InChI is InChI=1S/C23H32N6O2/c1-26-17-20(25-18-26)22(30)29-9-6-23(7-10-29)16-19(5-15-31-23)27-11-13-28(14-12-27)21-4-2-3-8-24-21/h2-4,8,17-19H,5-7,9-16H2,1H3/t19-/m0/s1. The lowest BCUT2D eigenvalue weighted by Crippen LogP contribution is -2.57. The van der Waals surface area contributed by atoms with Gasteiger partial charge in [-0.25, -0.2) is 9.97 Å². The molecule has 3 aliphatic rings. The summed E-state index contributed by atoms with van der Waals surface area (Å²) >= 11 is 0. The molecule has 0 bridgehead atoms. The predicted molar refractivity (Wildman–Crippen MR) is 118 cm³/mol. The summed E-state index contributed by atoms with van der Waals surface area (Å²) in [5, 5.41) is 0. The number of imidazole rings is 1. The van der Waals surface area contributed by atoms with Crippen molar-refractivity contribution in [3.63, 3.8) is 0 Å². The van der Waals surface area contributed by atoms with Gasteiger partial charge in [0.15, 0.2) is 0 Å². The fraction of sp³-hybridized carbons (Fsp3) is 0.609. The van der Waals surface area contributed by atoms with Crippen molar-refractivity contribution in [2.75, 3.05) is 50.8 Å². The minimum Gasteiger partial charge on any atom is -0.375 e. The average Bonchev–Trinajstić information content (AvgIpc) is 3.26. The van der Waals surface area contributed by atoms with E-state index in [1.165, 1.54) is 0 Å². The summed E-state index contributed by atoms with van der Waals surface area (Å²) in [7, 11) is 1.89. The van der Waals surface area contributed by atoms with Gasteiger partial charge < -0.3 is 19.1 Å². The molecule has 0 radical (unpaired) electrons. The van der Waals surface area contributed by atoms with Crippen LogP contribution in [0.15, 0.2) is 36.9 Å². The van der Waals surface area contributed by atoms with E-state index in [4.69, 9.17) is 4.74 Å². The zero-order valence-electron chi connectivity index (χ0n) is 18.3. The third kappa shape index (κ3) is 4.32. The summed E-state index contributed by atoms with van der Waals surface area (Å²) in [5.41, 5.74) is 0.453. The van der Waals surface area contributed by atoms with E-state index >= 15 is 0 Å². The third-order valence-corrected chi connectivity index (χ3v) is 7.16. The van der Waals surface area contributed by atoms with E-state index < -0.39 is 0 Å². The zero-order chi connectivity index (χ0) is 21.3. The van der Waals surface area contributed by atoms with Gasteiger partial charge in [-0.15, -0.1) is 0 Å². The van der Waals surface area contributed by atoms with Crippen LogP contribution in [0.25, 0.3) is 0 Å². The molecule has 8 nitrogen and oxygen atoms in total. The lowest BCUT2D eigenvalue weighted by molar-refractivity contribution is -0.130. The second-order valence-electron chi connectivity index (χ2n) is 9.11. The molecule has 0 saturated carbocycles. The van der Waals surface area contributed by atoms with Crippen LogP contribution in [-0.4, -0.2) is 87.8 Å². The number of piperazine rings is 1. The number of hydrogen-bond acceptors (Lipinski definition) is 6. The highest BCUT2D eigenvalue weighted by Gasteiger charge is 2.43. The van der Waals surface area contributed by atoms with Crippen LogP contribution in [0.4, 0.5) is 5.82 Å². The Morgan fingerprint density at radius 3 is 2.58 bits per heavy atom. The van der Waals surface area contributed by atoms with Gasteiger partial charge >= 0.3 is 0 Å².